The second kappa shape index (κ2) is 6.81. The minimum Gasteiger partial charge on any atom is -0.392 e. The zero-order valence-electron chi connectivity index (χ0n) is 11.1. The molecule has 21 heavy (non-hydrogen) atoms. The Bertz CT molecular complexity index is 647. The predicted molar refractivity (Wildman–Crippen MR) is 74.6 cm³/mol. The number of hydrogen-bond donors (Lipinski definition) is 3. The second-order valence-corrected chi connectivity index (χ2v) is 4.41. The molecule has 4 nitrogen and oxygen atoms in total. The SMILES string of the molecule is O=C(NCc1cccc(CO)c1)Nc1ccc(F)cc1F. The van der Waals surface area contributed by atoms with Crippen LogP contribution < -0.4 is 10.6 Å². The first kappa shape index (κ1) is 14.9. The fourth-order valence-electron chi connectivity index (χ4n) is 1.78. The number of aliphatic hydroxyl groups excluding tert-OH is 1. The van der Waals surface area contributed by atoms with Gasteiger partial charge in [0.2, 0.25) is 0 Å². The van der Waals surface area contributed by atoms with Gasteiger partial charge in [-0.2, -0.15) is 0 Å². The van der Waals surface area contributed by atoms with Crippen molar-refractivity contribution in [3.63, 3.8) is 0 Å². The summed E-state index contributed by atoms with van der Waals surface area (Å²) in [6, 6.07) is 9.36. The Morgan fingerprint density at radius 2 is 1.86 bits per heavy atom. The summed E-state index contributed by atoms with van der Waals surface area (Å²) >= 11 is 0. The minimum absolute atomic E-state index is 0.0825. The van der Waals surface area contributed by atoms with E-state index in [0.29, 0.717) is 6.07 Å². The number of benzene rings is 2. The van der Waals surface area contributed by atoms with Crippen molar-refractivity contribution < 1.29 is 18.7 Å². The Morgan fingerprint density at radius 3 is 2.57 bits per heavy atom. The lowest BCUT2D eigenvalue weighted by molar-refractivity contribution is 0.251. The molecule has 6 heteroatoms. The van der Waals surface area contributed by atoms with Gasteiger partial charge in [0.15, 0.2) is 0 Å². The molecule has 0 saturated carbocycles. The van der Waals surface area contributed by atoms with E-state index < -0.39 is 17.7 Å². The third-order valence-corrected chi connectivity index (χ3v) is 2.81. The standard InChI is InChI=1S/C15H14F2N2O2/c16-12-4-5-14(13(17)7-12)19-15(21)18-8-10-2-1-3-11(6-10)9-20/h1-7,20H,8-9H2,(H2,18,19,21). The number of aliphatic hydroxyl groups is 1. The second-order valence-electron chi connectivity index (χ2n) is 4.41. The van der Waals surface area contributed by atoms with Crippen LogP contribution in [0.25, 0.3) is 0 Å². The Kier molecular flexibility index (Phi) is 4.84. The van der Waals surface area contributed by atoms with Crippen LogP contribution in [0.4, 0.5) is 19.3 Å². The van der Waals surface area contributed by atoms with Crippen molar-refractivity contribution in [3.05, 3.63) is 65.2 Å². The highest BCUT2D eigenvalue weighted by Gasteiger charge is 2.07. The van der Waals surface area contributed by atoms with Gasteiger partial charge in [0.1, 0.15) is 11.6 Å². The summed E-state index contributed by atoms with van der Waals surface area (Å²) in [7, 11) is 0. The van der Waals surface area contributed by atoms with Crippen molar-refractivity contribution in [3.8, 4) is 0 Å². The molecule has 0 atom stereocenters. The van der Waals surface area contributed by atoms with Gasteiger partial charge in [-0.25, -0.2) is 13.6 Å². The monoisotopic (exact) mass is 292 g/mol. The van der Waals surface area contributed by atoms with Crippen LogP contribution in [0.1, 0.15) is 11.1 Å². The Balaban J connectivity index is 1.92. The Labute approximate surface area is 120 Å². The van der Waals surface area contributed by atoms with E-state index >= 15 is 0 Å². The fraction of sp³-hybridized carbons (Fsp3) is 0.133. The lowest BCUT2D eigenvalue weighted by atomic mass is 10.1. The molecule has 2 aromatic rings. The predicted octanol–water partition coefficient (Wildman–Crippen LogP) is 2.78. The van der Waals surface area contributed by atoms with Crippen LogP contribution >= 0.6 is 0 Å². The van der Waals surface area contributed by atoms with E-state index in [4.69, 9.17) is 5.11 Å². The first-order chi connectivity index (χ1) is 10.1. The van der Waals surface area contributed by atoms with E-state index in [1.165, 1.54) is 0 Å². The number of nitrogens with one attached hydrogen (secondary N) is 2. The molecule has 0 bridgehead atoms. The average Bonchev–Trinajstić information content (AvgIpc) is 2.48. The maximum Gasteiger partial charge on any atom is 0.319 e. The molecule has 0 radical (unpaired) electrons. The maximum atomic E-state index is 13.4. The molecule has 0 aliphatic rings. The number of rotatable bonds is 4. The van der Waals surface area contributed by atoms with Gasteiger partial charge in [-0.3, -0.25) is 0 Å². The molecule has 110 valence electrons. The summed E-state index contributed by atoms with van der Waals surface area (Å²) in [6.07, 6.45) is 0. The largest absolute Gasteiger partial charge is 0.392 e. The molecule has 2 amide bonds. The summed E-state index contributed by atoms with van der Waals surface area (Å²) in [5.74, 6) is -1.55. The van der Waals surface area contributed by atoms with E-state index in [1.807, 2.05) is 0 Å². The first-order valence-corrected chi connectivity index (χ1v) is 6.27. The van der Waals surface area contributed by atoms with Crippen molar-refractivity contribution in [2.45, 2.75) is 13.2 Å². The lowest BCUT2D eigenvalue weighted by Gasteiger charge is -2.09. The van der Waals surface area contributed by atoms with Crippen LogP contribution in [0.2, 0.25) is 0 Å². The quantitative estimate of drug-likeness (QED) is 0.811. The molecule has 0 saturated heterocycles. The van der Waals surface area contributed by atoms with Gasteiger partial charge in [0.05, 0.1) is 12.3 Å². The number of carbonyl (C=O) groups is 1. The number of urea groups is 1. The normalized spacial score (nSPS) is 10.2. The van der Waals surface area contributed by atoms with E-state index in [0.717, 1.165) is 23.3 Å². The van der Waals surface area contributed by atoms with Gasteiger partial charge in [-0.15, -0.1) is 0 Å². The molecule has 0 fully saturated rings. The van der Waals surface area contributed by atoms with Crippen LogP contribution in [0, 0.1) is 11.6 Å². The number of hydrogen-bond acceptors (Lipinski definition) is 2. The molecule has 0 unspecified atom stereocenters. The average molecular weight is 292 g/mol. The molecular formula is C15H14F2N2O2. The summed E-state index contributed by atoms with van der Waals surface area (Å²) in [6.45, 7) is 0.142. The fourth-order valence-corrected chi connectivity index (χ4v) is 1.78. The van der Waals surface area contributed by atoms with Crippen LogP contribution in [-0.2, 0) is 13.2 Å². The highest BCUT2D eigenvalue weighted by molar-refractivity contribution is 5.89. The van der Waals surface area contributed by atoms with E-state index in [1.54, 1.807) is 24.3 Å². The molecule has 0 aromatic heterocycles. The van der Waals surface area contributed by atoms with Crippen molar-refractivity contribution in [2.24, 2.45) is 0 Å². The number of amides is 2. The minimum atomic E-state index is -0.840. The molecule has 2 aromatic carbocycles. The van der Waals surface area contributed by atoms with E-state index in [2.05, 4.69) is 10.6 Å². The molecule has 2 rings (SSSR count). The number of anilines is 1. The zero-order valence-corrected chi connectivity index (χ0v) is 11.1. The van der Waals surface area contributed by atoms with Gasteiger partial charge < -0.3 is 15.7 Å². The third-order valence-electron chi connectivity index (χ3n) is 2.81. The zero-order chi connectivity index (χ0) is 15.2. The highest BCUT2D eigenvalue weighted by Crippen LogP contribution is 2.14. The summed E-state index contributed by atoms with van der Waals surface area (Å²) in [5.41, 5.74) is 1.44. The molecular weight excluding hydrogens is 278 g/mol. The smallest absolute Gasteiger partial charge is 0.319 e. The third kappa shape index (κ3) is 4.25. The maximum absolute atomic E-state index is 13.4. The van der Waals surface area contributed by atoms with Gasteiger partial charge in [0.25, 0.3) is 0 Å². The van der Waals surface area contributed by atoms with Gasteiger partial charge in [-0.1, -0.05) is 24.3 Å². The number of carbonyl (C=O) groups excluding carboxylic acids is 1. The topological polar surface area (TPSA) is 61.4 Å². The van der Waals surface area contributed by atoms with Gasteiger partial charge in [-0.05, 0) is 23.3 Å². The first-order valence-electron chi connectivity index (χ1n) is 6.27. The summed E-state index contributed by atoms with van der Waals surface area (Å²) < 4.78 is 26.1. The molecule has 3 N–H and O–H groups in total. The van der Waals surface area contributed by atoms with E-state index in [9.17, 15) is 13.6 Å². The molecule has 0 spiro atoms. The lowest BCUT2D eigenvalue weighted by Crippen LogP contribution is -2.28. The molecule has 0 aliphatic carbocycles. The van der Waals surface area contributed by atoms with Crippen molar-refractivity contribution >= 4 is 11.7 Å². The Morgan fingerprint density at radius 1 is 1.10 bits per heavy atom. The summed E-state index contributed by atoms with van der Waals surface area (Å²) in [4.78, 5) is 11.6. The van der Waals surface area contributed by atoms with Gasteiger partial charge in [0, 0.05) is 12.6 Å². The Hall–Kier alpha value is -2.47. The van der Waals surface area contributed by atoms with Crippen molar-refractivity contribution in [2.75, 3.05) is 5.32 Å². The van der Waals surface area contributed by atoms with Crippen molar-refractivity contribution in [1.82, 2.24) is 5.32 Å². The van der Waals surface area contributed by atoms with Crippen molar-refractivity contribution in [1.29, 1.82) is 0 Å². The highest BCUT2D eigenvalue weighted by atomic mass is 19.1. The van der Waals surface area contributed by atoms with Crippen LogP contribution in [-0.4, -0.2) is 11.1 Å². The van der Waals surface area contributed by atoms with Crippen LogP contribution in [0.3, 0.4) is 0 Å². The summed E-state index contributed by atoms with van der Waals surface area (Å²) in [5, 5.41) is 13.9. The van der Waals surface area contributed by atoms with E-state index in [-0.39, 0.29) is 18.8 Å². The van der Waals surface area contributed by atoms with Crippen LogP contribution in [0.15, 0.2) is 42.5 Å². The number of halogens is 2. The molecule has 0 aliphatic heterocycles. The molecule has 0 heterocycles. The van der Waals surface area contributed by atoms with Crippen LogP contribution in [0.5, 0.6) is 0 Å². The van der Waals surface area contributed by atoms with Gasteiger partial charge >= 0.3 is 6.03 Å².